The van der Waals surface area contributed by atoms with Crippen LogP contribution in [0.3, 0.4) is 0 Å². The number of hydrogen-bond donors (Lipinski definition) is 2. The maximum atomic E-state index is 13.7. The molecule has 0 aliphatic carbocycles. The van der Waals surface area contributed by atoms with Crippen LogP contribution in [0.15, 0.2) is 54.7 Å². The van der Waals surface area contributed by atoms with E-state index in [0.29, 0.717) is 16.3 Å². The minimum Gasteiger partial charge on any atom is -0.267 e. The summed E-state index contributed by atoms with van der Waals surface area (Å²) < 4.78 is 15.3. The highest BCUT2D eigenvalue weighted by Gasteiger charge is 2.21. The highest BCUT2D eigenvalue weighted by Crippen LogP contribution is 2.24. The highest BCUT2D eigenvalue weighted by atomic mass is 35.5. The average Bonchev–Trinajstić information content (AvgIpc) is 3.12. The minimum atomic E-state index is -0.748. The summed E-state index contributed by atoms with van der Waals surface area (Å²) in [4.78, 5) is 24.7. The summed E-state index contributed by atoms with van der Waals surface area (Å²) in [5.41, 5.74) is 6.10. The number of aromatic nitrogens is 2. The van der Waals surface area contributed by atoms with E-state index in [1.54, 1.807) is 28.9 Å². The Labute approximate surface area is 166 Å². The van der Waals surface area contributed by atoms with Gasteiger partial charge in [0.15, 0.2) is 0 Å². The van der Waals surface area contributed by atoms with Crippen LogP contribution in [0.5, 0.6) is 0 Å². The Bertz CT molecular complexity index is 1020. The second-order valence-electron chi connectivity index (χ2n) is 6.37. The predicted octanol–water partition coefficient (Wildman–Crippen LogP) is 3.86. The van der Waals surface area contributed by atoms with Gasteiger partial charge < -0.3 is 0 Å². The van der Waals surface area contributed by atoms with Gasteiger partial charge in [-0.2, -0.15) is 5.10 Å². The number of benzene rings is 2. The molecule has 144 valence electrons. The SMILES string of the molecule is CC(C)c1c(C(=O)NNC(=O)c2ccccc2F)cnn1-c1ccc(Cl)cc1. The van der Waals surface area contributed by atoms with Gasteiger partial charge in [-0.3, -0.25) is 20.4 Å². The zero-order valence-electron chi connectivity index (χ0n) is 15.2. The molecule has 3 aromatic rings. The quantitative estimate of drug-likeness (QED) is 0.653. The molecule has 1 heterocycles. The zero-order valence-corrected chi connectivity index (χ0v) is 16.0. The molecule has 0 unspecified atom stereocenters. The van der Waals surface area contributed by atoms with Crippen LogP contribution in [-0.2, 0) is 0 Å². The van der Waals surface area contributed by atoms with Crippen molar-refractivity contribution < 1.29 is 14.0 Å². The molecule has 6 nitrogen and oxygen atoms in total. The fourth-order valence-electron chi connectivity index (χ4n) is 2.77. The smallest absolute Gasteiger partial charge is 0.267 e. The summed E-state index contributed by atoms with van der Waals surface area (Å²) in [5, 5.41) is 4.89. The van der Waals surface area contributed by atoms with E-state index in [-0.39, 0.29) is 11.5 Å². The second-order valence-corrected chi connectivity index (χ2v) is 6.81. The number of nitrogens with one attached hydrogen (secondary N) is 2. The zero-order chi connectivity index (χ0) is 20.3. The number of hydrazine groups is 1. The Morgan fingerprint density at radius 3 is 2.21 bits per heavy atom. The standard InChI is InChI=1S/C20H18ClFN4O2/c1-12(2)18-16(11-23-26(18)14-9-7-13(21)8-10-14)20(28)25-24-19(27)15-5-3-4-6-17(15)22/h3-12H,1-2H3,(H,24,27)(H,25,28). The highest BCUT2D eigenvalue weighted by molar-refractivity contribution is 6.30. The summed E-state index contributed by atoms with van der Waals surface area (Å²) >= 11 is 5.93. The number of halogens is 2. The van der Waals surface area contributed by atoms with Crippen molar-refractivity contribution in [3.8, 4) is 5.69 Å². The molecule has 0 radical (unpaired) electrons. The van der Waals surface area contributed by atoms with E-state index in [2.05, 4.69) is 16.0 Å². The summed E-state index contributed by atoms with van der Waals surface area (Å²) in [6.45, 7) is 3.86. The Hall–Kier alpha value is -3.19. The van der Waals surface area contributed by atoms with Gasteiger partial charge in [-0.05, 0) is 42.3 Å². The van der Waals surface area contributed by atoms with Gasteiger partial charge in [-0.25, -0.2) is 9.07 Å². The normalized spacial score (nSPS) is 10.8. The first kappa shape index (κ1) is 19.6. The van der Waals surface area contributed by atoms with Crippen LogP contribution in [0.1, 0.15) is 46.2 Å². The molecular weight excluding hydrogens is 383 g/mol. The van der Waals surface area contributed by atoms with E-state index in [0.717, 1.165) is 5.69 Å². The van der Waals surface area contributed by atoms with Gasteiger partial charge in [0.05, 0.1) is 28.7 Å². The van der Waals surface area contributed by atoms with E-state index in [1.165, 1.54) is 30.5 Å². The lowest BCUT2D eigenvalue weighted by Gasteiger charge is -2.13. The molecule has 0 saturated carbocycles. The number of carbonyl (C=O) groups excluding carboxylic acids is 2. The van der Waals surface area contributed by atoms with Crippen molar-refractivity contribution >= 4 is 23.4 Å². The molecule has 0 fully saturated rings. The lowest BCUT2D eigenvalue weighted by Crippen LogP contribution is -2.42. The minimum absolute atomic E-state index is 0.0267. The third-order valence-corrected chi connectivity index (χ3v) is 4.33. The third-order valence-electron chi connectivity index (χ3n) is 4.08. The van der Waals surface area contributed by atoms with Crippen molar-refractivity contribution in [2.75, 3.05) is 0 Å². The van der Waals surface area contributed by atoms with Crippen LogP contribution >= 0.6 is 11.6 Å². The average molecular weight is 401 g/mol. The molecule has 0 saturated heterocycles. The fraction of sp³-hybridized carbons (Fsp3) is 0.150. The van der Waals surface area contributed by atoms with Crippen molar-refractivity contribution in [1.82, 2.24) is 20.6 Å². The summed E-state index contributed by atoms with van der Waals surface area (Å²) in [5.74, 6) is -2.00. The van der Waals surface area contributed by atoms with E-state index < -0.39 is 17.6 Å². The molecule has 1 aromatic heterocycles. The lowest BCUT2D eigenvalue weighted by atomic mass is 10.1. The topological polar surface area (TPSA) is 76.0 Å². The van der Waals surface area contributed by atoms with Crippen molar-refractivity contribution in [2.45, 2.75) is 19.8 Å². The van der Waals surface area contributed by atoms with Crippen molar-refractivity contribution in [3.05, 3.63) is 82.4 Å². The van der Waals surface area contributed by atoms with E-state index >= 15 is 0 Å². The molecular formula is C20H18ClFN4O2. The van der Waals surface area contributed by atoms with E-state index in [9.17, 15) is 14.0 Å². The Kier molecular flexibility index (Phi) is 5.75. The number of nitrogens with zero attached hydrogens (tertiary/aromatic N) is 2. The van der Waals surface area contributed by atoms with Crippen LogP contribution in [0.4, 0.5) is 4.39 Å². The largest absolute Gasteiger partial charge is 0.273 e. The van der Waals surface area contributed by atoms with E-state index in [1.807, 2.05) is 13.8 Å². The summed E-state index contributed by atoms with van der Waals surface area (Å²) in [6, 6.07) is 12.6. The van der Waals surface area contributed by atoms with Crippen LogP contribution in [-0.4, -0.2) is 21.6 Å². The molecule has 0 bridgehead atoms. The maximum Gasteiger partial charge on any atom is 0.273 e. The first-order valence-corrected chi connectivity index (χ1v) is 8.95. The first-order valence-electron chi connectivity index (χ1n) is 8.57. The fourth-order valence-corrected chi connectivity index (χ4v) is 2.90. The third kappa shape index (κ3) is 4.04. The van der Waals surface area contributed by atoms with Gasteiger partial charge in [-0.1, -0.05) is 37.6 Å². The number of rotatable bonds is 4. The van der Waals surface area contributed by atoms with Crippen LogP contribution in [0.2, 0.25) is 5.02 Å². The lowest BCUT2D eigenvalue weighted by molar-refractivity contribution is 0.0843. The van der Waals surface area contributed by atoms with Gasteiger partial charge in [0, 0.05) is 5.02 Å². The second kappa shape index (κ2) is 8.22. The van der Waals surface area contributed by atoms with Crippen molar-refractivity contribution in [3.63, 3.8) is 0 Å². The Balaban J connectivity index is 1.81. The van der Waals surface area contributed by atoms with Gasteiger partial charge >= 0.3 is 0 Å². The van der Waals surface area contributed by atoms with Gasteiger partial charge in [0.25, 0.3) is 11.8 Å². The molecule has 0 spiro atoms. The van der Waals surface area contributed by atoms with Gasteiger partial charge in [0.1, 0.15) is 5.82 Å². The monoisotopic (exact) mass is 400 g/mol. The predicted molar refractivity (Wildman–Crippen MR) is 104 cm³/mol. The van der Waals surface area contributed by atoms with Crippen LogP contribution in [0.25, 0.3) is 5.69 Å². The van der Waals surface area contributed by atoms with Crippen molar-refractivity contribution in [2.24, 2.45) is 0 Å². The number of amides is 2. The molecule has 0 atom stereocenters. The number of hydrogen-bond acceptors (Lipinski definition) is 3. The van der Waals surface area contributed by atoms with Crippen molar-refractivity contribution in [1.29, 1.82) is 0 Å². The molecule has 2 aromatic carbocycles. The number of carbonyl (C=O) groups is 2. The van der Waals surface area contributed by atoms with E-state index in [4.69, 9.17) is 11.6 Å². The first-order chi connectivity index (χ1) is 13.4. The Morgan fingerprint density at radius 2 is 1.61 bits per heavy atom. The molecule has 0 aliphatic heterocycles. The molecule has 2 amide bonds. The van der Waals surface area contributed by atoms with Crippen LogP contribution < -0.4 is 10.9 Å². The Morgan fingerprint density at radius 1 is 1.00 bits per heavy atom. The summed E-state index contributed by atoms with van der Waals surface area (Å²) in [6.07, 6.45) is 1.43. The molecule has 3 rings (SSSR count). The maximum absolute atomic E-state index is 13.7. The molecule has 0 aliphatic rings. The van der Waals surface area contributed by atoms with Gasteiger partial charge in [-0.15, -0.1) is 0 Å². The van der Waals surface area contributed by atoms with Crippen LogP contribution in [0, 0.1) is 5.82 Å². The van der Waals surface area contributed by atoms with Gasteiger partial charge in [0.2, 0.25) is 0 Å². The summed E-state index contributed by atoms with van der Waals surface area (Å²) in [7, 11) is 0. The molecule has 2 N–H and O–H groups in total. The molecule has 28 heavy (non-hydrogen) atoms. The molecule has 8 heteroatoms.